The molecule has 2 aliphatic heterocycles. The molecular formula is C45H50O11. The van der Waals surface area contributed by atoms with Crippen LogP contribution in [0.25, 0.3) is 10.8 Å². The van der Waals surface area contributed by atoms with E-state index in [-0.39, 0.29) is 6.61 Å². The van der Waals surface area contributed by atoms with E-state index < -0.39 is 67.6 Å². The van der Waals surface area contributed by atoms with E-state index in [1.807, 2.05) is 116 Å². The Balaban J connectivity index is 1.36. The highest BCUT2D eigenvalue weighted by Gasteiger charge is 2.49. The first kappa shape index (κ1) is 39.8. The molecule has 5 aromatic rings. The smallest absolute Gasteiger partial charge is 0.125 e. The summed E-state index contributed by atoms with van der Waals surface area (Å²) < 4.78 is 45.4. The Morgan fingerprint density at radius 3 is 1.41 bits per heavy atom. The summed E-state index contributed by atoms with van der Waals surface area (Å²) in [4.78, 5) is 0. The lowest BCUT2D eigenvalue weighted by Crippen LogP contribution is -2.56. The fourth-order valence-corrected chi connectivity index (χ4v) is 7.84. The van der Waals surface area contributed by atoms with Gasteiger partial charge in [0.1, 0.15) is 66.4 Å². The van der Waals surface area contributed by atoms with Crippen LogP contribution in [0.15, 0.2) is 115 Å². The summed E-state index contributed by atoms with van der Waals surface area (Å²) in [7, 11) is 3.09. The van der Waals surface area contributed by atoms with Crippen molar-refractivity contribution < 1.29 is 53.6 Å². The molecule has 7 rings (SSSR count). The fraction of sp³-hybridized carbons (Fsp3) is 0.378. The van der Waals surface area contributed by atoms with Crippen molar-refractivity contribution in [2.24, 2.45) is 0 Å². The van der Waals surface area contributed by atoms with Gasteiger partial charge in [-0.05, 0) is 46.5 Å². The number of aliphatic hydroxyl groups is 4. The van der Waals surface area contributed by atoms with E-state index >= 15 is 0 Å². The lowest BCUT2D eigenvalue weighted by atomic mass is 9.84. The second-order valence-corrected chi connectivity index (χ2v) is 14.3. The maximum Gasteiger partial charge on any atom is 0.125 e. The standard InChI is InChI=1S/C45H50O11/c1-27-41(52-24-28-13-7-4-8-14-28)44(53-25-29-15-9-5-10-16-29)45(54-26-30-17-11-6-12-18-30)43(55-27)37-32-20-21-33(50-2)36(31(32)19-22-34(37)51-3)42-40(49)39(48)38(47)35(23-46)56-42/h4-22,27,35,38-49H,23-26H2,1-3H3/t27-,35+,38-,39-,40+,41+,42-,43+,44+,45+/m0/s1. The first-order valence-corrected chi connectivity index (χ1v) is 18.9. The number of fused-ring (bicyclic) bond motifs is 1. The number of hydrogen-bond acceptors (Lipinski definition) is 11. The summed E-state index contributed by atoms with van der Waals surface area (Å²) >= 11 is 0. The SMILES string of the molecule is COc1ccc2c([C@@H]3O[C@H](CO)[C@H](O)[C@H](O)[C@H]3O)c(OC)ccc2c1[C@H]1O[C@@H](C)[C@@H](OCc2ccccc2)[C@@H](OCc2ccccc2)[C@@H]1OCc1ccccc1. The van der Waals surface area contributed by atoms with Crippen molar-refractivity contribution in [3.8, 4) is 11.5 Å². The van der Waals surface area contributed by atoms with E-state index in [2.05, 4.69) is 0 Å². The molecule has 2 heterocycles. The zero-order valence-electron chi connectivity index (χ0n) is 31.7. The van der Waals surface area contributed by atoms with Crippen LogP contribution in [-0.4, -0.2) is 90.1 Å². The van der Waals surface area contributed by atoms with Crippen LogP contribution in [0, 0.1) is 0 Å². The molecule has 2 saturated heterocycles. The normalized spacial score (nSPS) is 27.9. The number of ether oxygens (including phenoxy) is 7. The summed E-state index contributed by atoms with van der Waals surface area (Å²) in [6.07, 6.45) is -10.1. The van der Waals surface area contributed by atoms with Crippen molar-refractivity contribution in [2.45, 2.75) is 87.8 Å². The quantitative estimate of drug-likeness (QED) is 0.112. The second-order valence-electron chi connectivity index (χ2n) is 14.3. The van der Waals surface area contributed by atoms with Crippen LogP contribution < -0.4 is 9.47 Å². The molecule has 5 aromatic carbocycles. The highest BCUT2D eigenvalue weighted by molar-refractivity contribution is 5.93. The summed E-state index contributed by atoms with van der Waals surface area (Å²) in [6, 6.07) is 37.1. The largest absolute Gasteiger partial charge is 0.496 e. The van der Waals surface area contributed by atoms with Gasteiger partial charge in [0.05, 0.1) is 46.8 Å². The second kappa shape index (κ2) is 18.2. The molecule has 0 unspecified atom stereocenters. The zero-order valence-corrected chi connectivity index (χ0v) is 31.7. The van der Waals surface area contributed by atoms with E-state index in [1.54, 1.807) is 13.2 Å². The van der Waals surface area contributed by atoms with Gasteiger partial charge in [-0.25, -0.2) is 0 Å². The Labute approximate surface area is 326 Å². The average Bonchev–Trinajstić information content (AvgIpc) is 3.24. The Morgan fingerprint density at radius 2 is 0.946 bits per heavy atom. The molecule has 296 valence electrons. The van der Waals surface area contributed by atoms with Crippen LogP contribution in [0.4, 0.5) is 0 Å². The lowest BCUT2D eigenvalue weighted by molar-refractivity contribution is -0.263. The molecule has 11 heteroatoms. The summed E-state index contributed by atoms with van der Waals surface area (Å²) in [5.41, 5.74) is 4.06. The minimum Gasteiger partial charge on any atom is -0.496 e. The molecule has 2 aliphatic rings. The maximum absolute atomic E-state index is 11.3. The van der Waals surface area contributed by atoms with Crippen LogP contribution in [0.5, 0.6) is 11.5 Å². The van der Waals surface area contributed by atoms with Crippen molar-refractivity contribution in [2.75, 3.05) is 20.8 Å². The Bertz CT molecular complexity index is 1990. The molecule has 56 heavy (non-hydrogen) atoms. The topological polar surface area (TPSA) is 146 Å². The van der Waals surface area contributed by atoms with E-state index in [0.29, 0.717) is 46.6 Å². The van der Waals surface area contributed by atoms with Gasteiger partial charge in [-0.3, -0.25) is 0 Å². The number of aliphatic hydroxyl groups excluding tert-OH is 4. The molecule has 0 aliphatic carbocycles. The first-order valence-electron chi connectivity index (χ1n) is 18.9. The van der Waals surface area contributed by atoms with Crippen LogP contribution in [0.2, 0.25) is 0 Å². The summed E-state index contributed by atoms with van der Waals surface area (Å²) in [5, 5.41) is 44.1. The van der Waals surface area contributed by atoms with Gasteiger partial charge in [-0.15, -0.1) is 0 Å². The lowest BCUT2D eigenvalue weighted by Gasteiger charge is -2.46. The highest BCUT2D eigenvalue weighted by atomic mass is 16.6. The molecule has 0 bridgehead atoms. The number of benzene rings is 5. The maximum atomic E-state index is 11.3. The molecule has 4 N–H and O–H groups in total. The van der Waals surface area contributed by atoms with Crippen LogP contribution in [0.3, 0.4) is 0 Å². The number of rotatable bonds is 14. The van der Waals surface area contributed by atoms with E-state index in [4.69, 9.17) is 33.2 Å². The Kier molecular flexibility index (Phi) is 13.0. The third-order valence-corrected chi connectivity index (χ3v) is 10.7. The minimum atomic E-state index is -1.59. The average molecular weight is 767 g/mol. The van der Waals surface area contributed by atoms with E-state index in [9.17, 15) is 20.4 Å². The summed E-state index contributed by atoms with van der Waals surface area (Å²) in [5.74, 6) is 0.907. The highest BCUT2D eigenvalue weighted by Crippen LogP contribution is 2.48. The third kappa shape index (κ3) is 8.33. The van der Waals surface area contributed by atoms with Gasteiger partial charge in [-0.2, -0.15) is 0 Å². The number of hydrogen-bond donors (Lipinski definition) is 4. The molecule has 0 radical (unpaired) electrons. The molecule has 11 nitrogen and oxygen atoms in total. The van der Waals surface area contributed by atoms with Crippen molar-refractivity contribution in [3.05, 3.63) is 143 Å². The molecule has 0 saturated carbocycles. The van der Waals surface area contributed by atoms with Gasteiger partial charge in [0.2, 0.25) is 0 Å². The molecule has 0 spiro atoms. The monoisotopic (exact) mass is 766 g/mol. The molecular weight excluding hydrogens is 716 g/mol. The molecule has 10 atom stereocenters. The van der Waals surface area contributed by atoms with E-state index in [1.165, 1.54) is 7.11 Å². The van der Waals surface area contributed by atoms with Gasteiger partial charge in [0, 0.05) is 11.1 Å². The first-order chi connectivity index (χ1) is 27.3. The van der Waals surface area contributed by atoms with Gasteiger partial charge in [0.15, 0.2) is 0 Å². The number of methoxy groups -OCH3 is 2. The van der Waals surface area contributed by atoms with Gasteiger partial charge in [0.25, 0.3) is 0 Å². The molecule has 2 fully saturated rings. The van der Waals surface area contributed by atoms with Crippen molar-refractivity contribution in [1.29, 1.82) is 0 Å². The molecule has 0 aromatic heterocycles. The van der Waals surface area contributed by atoms with Crippen molar-refractivity contribution in [1.82, 2.24) is 0 Å². The predicted molar refractivity (Wildman–Crippen MR) is 208 cm³/mol. The Morgan fingerprint density at radius 1 is 0.500 bits per heavy atom. The fourth-order valence-electron chi connectivity index (χ4n) is 7.84. The van der Waals surface area contributed by atoms with Gasteiger partial charge in [-0.1, -0.05) is 103 Å². The van der Waals surface area contributed by atoms with E-state index in [0.717, 1.165) is 16.7 Å². The Hall–Kier alpha value is -4.40. The van der Waals surface area contributed by atoms with Crippen molar-refractivity contribution >= 4 is 10.8 Å². The molecule has 0 amide bonds. The van der Waals surface area contributed by atoms with Gasteiger partial charge < -0.3 is 53.6 Å². The zero-order chi connectivity index (χ0) is 39.2. The summed E-state index contributed by atoms with van der Waals surface area (Å²) in [6.45, 7) is 2.29. The minimum absolute atomic E-state index is 0.257. The predicted octanol–water partition coefficient (Wildman–Crippen LogP) is 5.59. The third-order valence-electron chi connectivity index (χ3n) is 10.7. The van der Waals surface area contributed by atoms with Crippen molar-refractivity contribution in [3.63, 3.8) is 0 Å². The van der Waals surface area contributed by atoms with Gasteiger partial charge >= 0.3 is 0 Å². The van der Waals surface area contributed by atoms with Crippen LogP contribution in [0.1, 0.15) is 46.9 Å². The van der Waals surface area contributed by atoms with Crippen LogP contribution in [-0.2, 0) is 43.5 Å². The van der Waals surface area contributed by atoms with Crippen LogP contribution >= 0.6 is 0 Å².